The Balaban J connectivity index is 0.000000142. The van der Waals surface area contributed by atoms with E-state index in [0.717, 1.165) is 22.8 Å². The minimum absolute atomic E-state index is 0.165. The van der Waals surface area contributed by atoms with E-state index in [1.165, 1.54) is 27.1 Å². The lowest BCUT2D eigenvalue weighted by molar-refractivity contribution is -0.121. The van der Waals surface area contributed by atoms with Crippen LogP contribution in [0.25, 0.3) is 0 Å². The number of thioether (sulfide) groups is 1. The average molecular weight is 575 g/mol. The second-order valence-corrected chi connectivity index (χ2v) is 12.6. The molecule has 0 atom stereocenters. The Morgan fingerprint density at radius 1 is 0.585 bits per heavy atom. The lowest BCUT2D eigenvalue weighted by atomic mass is 9.97. The zero-order valence-corrected chi connectivity index (χ0v) is 25.9. The second kappa shape index (κ2) is 14.1. The fourth-order valence-electron chi connectivity index (χ4n) is 4.74. The maximum absolute atomic E-state index is 11.3. The van der Waals surface area contributed by atoms with Gasteiger partial charge in [0.1, 0.15) is 31.4 Å². The molecule has 6 rings (SSSR count). The molecule has 0 saturated carbocycles. The minimum Gasteiger partial charge on any atom is -0.486 e. The molecule has 0 unspecified atom stereocenters. The summed E-state index contributed by atoms with van der Waals surface area (Å²) in [5, 5.41) is 0. The first-order chi connectivity index (χ1) is 19.6. The van der Waals surface area contributed by atoms with E-state index in [-0.39, 0.29) is 12.4 Å². The smallest absolute Gasteiger partial charge is 0.174 e. The van der Waals surface area contributed by atoms with E-state index < -0.39 is 0 Å². The quantitative estimate of drug-likeness (QED) is 0.317. The summed E-state index contributed by atoms with van der Waals surface area (Å²) in [7, 11) is 0. The van der Waals surface area contributed by atoms with E-state index in [1.54, 1.807) is 11.8 Å². The van der Waals surface area contributed by atoms with Gasteiger partial charge in [0.25, 0.3) is 0 Å². The lowest BCUT2D eigenvalue weighted by Crippen LogP contribution is -2.20. The molecule has 218 valence electrons. The Kier molecular flexibility index (Phi) is 10.5. The normalized spacial score (nSPS) is 15.2. The van der Waals surface area contributed by atoms with E-state index in [4.69, 9.17) is 14.2 Å². The van der Waals surface area contributed by atoms with E-state index in [9.17, 15) is 9.59 Å². The summed E-state index contributed by atoms with van der Waals surface area (Å²) in [6, 6.07) is 18.8. The highest BCUT2D eigenvalue weighted by Gasteiger charge is 2.18. The molecular formula is C35H42O5S. The molecule has 3 aliphatic rings. The van der Waals surface area contributed by atoms with Crippen LogP contribution in [0.15, 0.2) is 59.5 Å². The first kappa shape index (κ1) is 30.7. The molecule has 6 heteroatoms. The van der Waals surface area contributed by atoms with Gasteiger partial charge in [-0.25, -0.2) is 0 Å². The van der Waals surface area contributed by atoms with Gasteiger partial charge in [-0.1, -0.05) is 71.9 Å². The molecule has 0 radical (unpaired) electrons. The molecule has 0 saturated heterocycles. The van der Waals surface area contributed by atoms with Gasteiger partial charge in [-0.2, -0.15) is 0 Å². The number of hydrogen-bond donors (Lipinski definition) is 0. The van der Waals surface area contributed by atoms with Gasteiger partial charge < -0.3 is 14.2 Å². The highest BCUT2D eigenvalue weighted by molar-refractivity contribution is 8.00. The Labute approximate surface area is 249 Å². The molecule has 0 aromatic heterocycles. The number of rotatable bonds is 3. The highest BCUT2D eigenvalue weighted by Crippen LogP contribution is 2.33. The predicted molar refractivity (Wildman–Crippen MR) is 166 cm³/mol. The Hall–Kier alpha value is -3.25. The average Bonchev–Trinajstić information content (AvgIpc) is 2.96. The largest absolute Gasteiger partial charge is 0.486 e. The monoisotopic (exact) mass is 574 g/mol. The van der Waals surface area contributed by atoms with E-state index in [0.29, 0.717) is 55.3 Å². The number of Topliss-reactive ketones (excluding diaryl/α,β-unsaturated/α-hetero) is 2. The van der Waals surface area contributed by atoms with Crippen LogP contribution in [0, 0.1) is 0 Å². The molecule has 0 fully saturated rings. The van der Waals surface area contributed by atoms with Crippen molar-refractivity contribution in [3.05, 3.63) is 82.4 Å². The number of carbonyl (C=O) groups is 2. The van der Waals surface area contributed by atoms with E-state index in [1.807, 2.05) is 12.1 Å². The molecular weight excluding hydrogens is 532 g/mol. The highest BCUT2D eigenvalue weighted by atomic mass is 32.2. The summed E-state index contributed by atoms with van der Waals surface area (Å²) in [5.41, 5.74) is 6.15. The molecule has 3 aromatic carbocycles. The van der Waals surface area contributed by atoms with Gasteiger partial charge in [-0.05, 0) is 64.3 Å². The van der Waals surface area contributed by atoms with Crippen LogP contribution in [-0.2, 0) is 22.4 Å². The predicted octanol–water partition coefficient (Wildman–Crippen LogP) is 7.92. The summed E-state index contributed by atoms with van der Waals surface area (Å²) in [5.74, 6) is 5.37. The maximum atomic E-state index is 11.3. The van der Waals surface area contributed by atoms with E-state index >= 15 is 0 Å². The van der Waals surface area contributed by atoms with Crippen LogP contribution < -0.4 is 14.2 Å². The molecule has 3 heterocycles. The standard InChI is InChI=1S/C12H14O2.C12H14OS.C11H14O2/c2*1-8(2)9-3-4-12-10(5-9)6-11(13)7-14-12;1-8(2)9-3-4-10-11(7-9)13-6-5-12-10/h2*3-5,8H,6-7H2,1-2H3;3-4,7-8H,5-6H2,1-2H3. The van der Waals surface area contributed by atoms with Crippen molar-refractivity contribution in [3.8, 4) is 17.2 Å². The van der Waals surface area contributed by atoms with Gasteiger partial charge in [0.2, 0.25) is 0 Å². The first-order valence-corrected chi connectivity index (χ1v) is 15.5. The van der Waals surface area contributed by atoms with Crippen LogP contribution in [-0.4, -0.2) is 37.1 Å². The number of ether oxygens (including phenoxy) is 3. The zero-order chi connectivity index (χ0) is 29.5. The van der Waals surface area contributed by atoms with Crippen molar-refractivity contribution in [2.45, 2.75) is 77.0 Å². The summed E-state index contributed by atoms with van der Waals surface area (Å²) >= 11 is 1.67. The molecule has 3 aliphatic heterocycles. The first-order valence-electron chi connectivity index (χ1n) is 14.5. The van der Waals surface area contributed by atoms with Crippen molar-refractivity contribution in [2.24, 2.45) is 0 Å². The third-order valence-electron chi connectivity index (χ3n) is 7.29. The van der Waals surface area contributed by atoms with Crippen LogP contribution in [0.3, 0.4) is 0 Å². The third-order valence-corrected chi connectivity index (χ3v) is 8.46. The van der Waals surface area contributed by atoms with Crippen molar-refractivity contribution in [2.75, 3.05) is 25.6 Å². The molecule has 0 bridgehead atoms. The van der Waals surface area contributed by atoms with Crippen LogP contribution in [0.1, 0.15) is 87.1 Å². The van der Waals surface area contributed by atoms with Crippen molar-refractivity contribution < 1.29 is 23.8 Å². The van der Waals surface area contributed by atoms with Crippen molar-refractivity contribution in [3.63, 3.8) is 0 Å². The van der Waals surface area contributed by atoms with Crippen LogP contribution in [0.4, 0.5) is 0 Å². The second-order valence-electron chi connectivity index (χ2n) is 11.6. The SMILES string of the molecule is CC(C)c1ccc2c(c1)CC(=O)CO2.CC(C)c1ccc2c(c1)CC(=O)CS2.CC(C)c1ccc2c(c1)OCCO2. The van der Waals surface area contributed by atoms with Gasteiger partial charge in [0.15, 0.2) is 17.3 Å². The van der Waals surface area contributed by atoms with Crippen molar-refractivity contribution in [1.82, 2.24) is 0 Å². The number of benzene rings is 3. The number of fused-ring (bicyclic) bond motifs is 3. The molecule has 0 N–H and O–H groups in total. The minimum atomic E-state index is 0.165. The van der Waals surface area contributed by atoms with Gasteiger partial charge in [-0.15, -0.1) is 11.8 Å². The van der Waals surface area contributed by atoms with E-state index in [2.05, 4.69) is 84.0 Å². The summed E-state index contributed by atoms with van der Waals surface area (Å²) in [6.07, 6.45) is 1.15. The molecule has 41 heavy (non-hydrogen) atoms. The summed E-state index contributed by atoms with van der Waals surface area (Å²) in [4.78, 5) is 23.8. The molecule has 0 aliphatic carbocycles. The molecule has 5 nitrogen and oxygen atoms in total. The number of carbonyl (C=O) groups excluding carboxylic acids is 2. The fourth-order valence-corrected chi connectivity index (χ4v) is 5.64. The fraction of sp³-hybridized carbons (Fsp3) is 0.429. The maximum Gasteiger partial charge on any atom is 0.174 e. The Morgan fingerprint density at radius 2 is 1.12 bits per heavy atom. The van der Waals surface area contributed by atoms with Crippen LogP contribution in [0.2, 0.25) is 0 Å². The van der Waals surface area contributed by atoms with Crippen LogP contribution >= 0.6 is 11.8 Å². The Morgan fingerprint density at radius 3 is 1.78 bits per heavy atom. The van der Waals surface area contributed by atoms with Gasteiger partial charge in [0, 0.05) is 23.3 Å². The van der Waals surface area contributed by atoms with Gasteiger partial charge >= 0.3 is 0 Å². The van der Waals surface area contributed by atoms with Gasteiger partial charge in [0.05, 0.1) is 5.75 Å². The van der Waals surface area contributed by atoms with Crippen LogP contribution in [0.5, 0.6) is 17.2 Å². The number of hydrogen-bond acceptors (Lipinski definition) is 6. The lowest BCUT2D eigenvalue weighted by Gasteiger charge is -2.19. The molecule has 3 aromatic rings. The van der Waals surface area contributed by atoms with Crippen molar-refractivity contribution in [1.29, 1.82) is 0 Å². The van der Waals surface area contributed by atoms with Crippen molar-refractivity contribution >= 4 is 23.3 Å². The summed E-state index contributed by atoms with van der Waals surface area (Å²) < 4.78 is 16.2. The topological polar surface area (TPSA) is 61.8 Å². The summed E-state index contributed by atoms with van der Waals surface area (Å²) in [6.45, 7) is 14.5. The third kappa shape index (κ3) is 8.38. The molecule has 0 spiro atoms. The van der Waals surface area contributed by atoms with Gasteiger partial charge in [-0.3, -0.25) is 9.59 Å². The molecule has 0 amide bonds. The zero-order valence-electron chi connectivity index (χ0n) is 25.1. The number of ketones is 2. The Bertz CT molecular complexity index is 1300.